The first-order chi connectivity index (χ1) is 17.5. The van der Waals surface area contributed by atoms with Gasteiger partial charge in [0, 0.05) is 19.3 Å². The summed E-state index contributed by atoms with van der Waals surface area (Å²) in [5.74, 6) is -1.22. The molecule has 1 aromatic heterocycles. The van der Waals surface area contributed by atoms with Gasteiger partial charge in [0.1, 0.15) is 23.9 Å². The molecule has 0 saturated carbocycles. The van der Waals surface area contributed by atoms with Crippen LogP contribution in [0.2, 0.25) is 0 Å². The van der Waals surface area contributed by atoms with Crippen LogP contribution < -0.4 is 10.2 Å². The van der Waals surface area contributed by atoms with Crippen LogP contribution in [0.15, 0.2) is 72.8 Å². The number of hydrogen-bond acceptors (Lipinski definition) is 5. The minimum Gasteiger partial charge on any atom is -0.383 e. The summed E-state index contributed by atoms with van der Waals surface area (Å²) in [6, 6.07) is 19.4. The Balaban J connectivity index is 1.77. The van der Waals surface area contributed by atoms with Gasteiger partial charge in [0.2, 0.25) is 11.8 Å². The molecule has 2 amide bonds. The lowest BCUT2D eigenvalue weighted by molar-refractivity contribution is -0.127. The van der Waals surface area contributed by atoms with Crippen LogP contribution in [0.1, 0.15) is 24.1 Å². The summed E-state index contributed by atoms with van der Waals surface area (Å²) < 4.78 is 20.3. The summed E-state index contributed by atoms with van der Waals surface area (Å²) in [4.78, 5) is 28.7. The molecular formula is C27H28FN5O3. The number of halogens is 1. The minimum atomic E-state index is -1.000. The van der Waals surface area contributed by atoms with Gasteiger partial charge < -0.3 is 10.1 Å². The lowest BCUT2D eigenvalue weighted by Crippen LogP contribution is -2.46. The number of benzene rings is 3. The fourth-order valence-corrected chi connectivity index (χ4v) is 4.00. The number of hydrogen-bond donors (Lipinski definition) is 1. The predicted molar refractivity (Wildman–Crippen MR) is 135 cm³/mol. The molecule has 8 nitrogen and oxygen atoms in total. The van der Waals surface area contributed by atoms with Crippen molar-refractivity contribution in [2.24, 2.45) is 0 Å². The molecule has 0 aliphatic heterocycles. The number of anilines is 1. The molecule has 9 heteroatoms. The molecule has 186 valence electrons. The number of carbonyl (C=O) groups excluding carboxylic acids is 2. The molecule has 1 atom stereocenters. The molecule has 36 heavy (non-hydrogen) atoms. The summed E-state index contributed by atoms with van der Waals surface area (Å²) in [6.07, 6.45) is 0.838. The molecule has 1 heterocycles. The third kappa shape index (κ3) is 5.58. The van der Waals surface area contributed by atoms with E-state index in [2.05, 4.69) is 15.6 Å². The van der Waals surface area contributed by atoms with Gasteiger partial charge in [-0.3, -0.25) is 14.5 Å². The smallest absolute Gasteiger partial charge is 0.249 e. The number of fused-ring (bicyclic) bond motifs is 1. The molecule has 3 aromatic carbocycles. The lowest BCUT2D eigenvalue weighted by atomic mass is 10.0. The quantitative estimate of drug-likeness (QED) is 0.344. The second kappa shape index (κ2) is 11.5. The Morgan fingerprint density at radius 3 is 2.47 bits per heavy atom. The molecular weight excluding hydrogens is 461 g/mol. The van der Waals surface area contributed by atoms with Crippen LogP contribution in [-0.4, -0.2) is 47.1 Å². The molecule has 0 fully saturated rings. The van der Waals surface area contributed by atoms with E-state index in [4.69, 9.17) is 4.74 Å². The van der Waals surface area contributed by atoms with Crippen molar-refractivity contribution in [2.75, 3.05) is 25.2 Å². The number of nitrogens with one attached hydrogen (secondary N) is 1. The Morgan fingerprint density at radius 2 is 1.78 bits per heavy atom. The van der Waals surface area contributed by atoms with Crippen molar-refractivity contribution in [3.63, 3.8) is 0 Å². The number of ether oxygens (including phenoxy) is 1. The maximum Gasteiger partial charge on any atom is 0.249 e. The van der Waals surface area contributed by atoms with Crippen molar-refractivity contribution in [3.05, 3.63) is 89.7 Å². The molecule has 0 spiro atoms. The molecule has 0 aliphatic rings. The molecule has 0 saturated heterocycles. The Labute approximate surface area is 208 Å². The Hall–Kier alpha value is -4.11. The highest BCUT2D eigenvalue weighted by Gasteiger charge is 2.33. The highest BCUT2D eigenvalue weighted by atomic mass is 19.1. The third-order valence-electron chi connectivity index (χ3n) is 5.89. The average molecular weight is 490 g/mol. The SMILES string of the molecule is CCc1ccc(C(C(=O)NCCOC)N(C(=O)Cn2nnc3ccccc32)c2ccc(F)cc2)cc1. The fourth-order valence-electron chi connectivity index (χ4n) is 4.00. The summed E-state index contributed by atoms with van der Waals surface area (Å²) in [5.41, 5.74) is 3.47. The van der Waals surface area contributed by atoms with Crippen LogP contribution in [0.4, 0.5) is 10.1 Å². The highest BCUT2D eigenvalue weighted by molar-refractivity contribution is 6.01. The van der Waals surface area contributed by atoms with E-state index < -0.39 is 17.8 Å². The number of carbonyl (C=O) groups is 2. The van der Waals surface area contributed by atoms with E-state index >= 15 is 0 Å². The minimum absolute atomic E-state index is 0.160. The lowest BCUT2D eigenvalue weighted by Gasteiger charge is -2.31. The molecule has 4 aromatic rings. The standard InChI is InChI=1S/C27H28FN5O3/c1-3-19-8-10-20(11-9-19)26(27(35)29-16-17-36-2)33(22-14-12-21(28)13-15-22)25(34)18-32-24-7-5-4-6-23(24)30-31-32/h4-15,26H,3,16-18H2,1-2H3,(H,29,35). The van der Waals surface area contributed by atoms with Gasteiger partial charge in [-0.2, -0.15) is 0 Å². The third-order valence-corrected chi connectivity index (χ3v) is 5.89. The summed E-state index contributed by atoms with van der Waals surface area (Å²) in [7, 11) is 1.55. The Kier molecular flexibility index (Phi) is 8.02. The maximum atomic E-state index is 13.9. The molecule has 1 N–H and O–H groups in total. The van der Waals surface area contributed by atoms with Crippen molar-refractivity contribution >= 4 is 28.5 Å². The van der Waals surface area contributed by atoms with Gasteiger partial charge in [0.15, 0.2) is 0 Å². The van der Waals surface area contributed by atoms with E-state index in [-0.39, 0.29) is 19.0 Å². The number of amides is 2. The van der Waals surface area contributed by atoms with Crippen LogP contribution in [0, 0.1) is 5.82 Å². The molecule has 4 rings (SSSR count). The van der Waals surface area contributed by atoms with E-state index in [1.807, 2.05) is 55.5 Å². The average Bonchev–Trinajstić information content (AvgIpc) is 3.30. The van der Waals surface area contributed by atoms with Gasteiger partial charge >= 0.3 is 0 Å². The number of para-hydroxylation sites is 1. The van der Waals surface area contributed by atoms with Crippen LogP contribution in [0.25, 0.3) is 11.0 Å². The van der Waals surface area contributed by atoms with Gasteiger partial charge in [-0.15, -0.1) is 5.10 Å². The first-order valence-electron chi connectivity index (χ1n) is 11.7. The number of nitrogens with zero attached hydrogens (tertiary/aromatic N) is 4. The molecule has 0 radical (unpaired) electrons. The number of methoxy groups -OCH3 is 1. The van der Waals surface area contributed by atoms with Crippen LogP contribution in [0.5, 0.6) is 0 Å². The van der Waals surface area contributed by atoms with E-state index in [1.165, 1.54) is 33.8 Å². The molecule has 0 bridgehead atoms. The van der Waals surface area contributed by atoms with E-state index in [1.54, 1.807) is 7.11 Å². The van der Waals surface area contributed by atoms with Crippen molar-refractivity contribution in [1.29, 1.82) is 0 Å². The van der Waals surface area contributed by atoms with Gasteiger partial charge in [-0.1, -0.05) is 48.5 Å². The number of rotatable bonds is 10. The maximum absolute atomic E-state index is 13.9. The van der Waals surface area contributed by atoms with Crippen molar-refractivity contribution in [3.8, 4) is 0 Å². The van der Waals surface area contributed by atoms with Gasteiger partial charge in [-0.05, 0) is 53.9 Å². The Bertz CT molecular complexity index is 1320. The first-order valence-corrected chi connectivity index (χ1v) is 11.7. The van der Waals surface area contributed by atoms with Gasteiger partial charge in [-0.25, -0.2) is 9.07 Å². The summed E-state index contributed by atoms with van der Waals surface area (Å²) >= 11 is 0. The monoisotopic (exact) mass is 489 g/mol. The van der Waals surface area contributed by atoms with E-state index in [9.17, 15) is 14.0 Å². The van der Waals surface area contributed by atoms with Crippen LogP contribution >= 0.6 is 0 Å². The molecule has 1 unspecified atom stereocenters. The second-order valence-corrected chi connectivity index (χ2v) is 8.26. The zero-order valence-corrected chi connectivity index (χ0v) is 20.2. The van der Waals surface area contributed by atoms with E-state index in [0.29, 0.717) is 28.9 Å². The van der Waals surface area contributed by atoms with Crippen LogP contribution in [-0.2, 0) is 27.3 Å². The van der Waals surface area contributed by atoms with E-state index in [0.717, 1.165) is 12.0 Å². The largest absolute Gasteiger partial charge is 0.383 e. The van der Waals surface area contributed by atoms with Crippen LogP contribution in [0.3, 0.4) is 0 Å². The zero-order chi connectivity index (χ0) is 25.5. The Morgan fingerprint density at radius 1 is 1.06 bits per heavy atom. The predicted octanol–water partition coefficient (Wildman–Crippen LogP) is 3.67. The highest BCUT2D eigenvalue weighted by Crippen LogP contribution is 2.29. The summed E-state index contributed by atoms with van der Waals surface area (Å²) in [5, 5.41) is 11.1. The fraction of sp³-hybridized carbons (Fsp3) is 0.259. The first kappa shape index (κ1) is 25.0. The van der Waals surface area contributed by atoms with Gasteiger partial charge in [0.05, 0.1) is 12.1 Å². The zero-order valence-electron chi connectivity index (χ0n) is 20.2. The van der Waals surface area contributed by atoms with Crippen molar-refractivity contribution < 1.29 is 18.7 Å². The number of aromatic nitrogens is 3. The summed E-state index contributed by atoms with van der Waals surface area (Å²) in [6.45, 7) is 2.48. The topological polar surface area (TPSA) is 89.4 Å². The second-order valence-electron chi connectivity index (χ2n) is 8.26. The molecule has 0 aliphatic carbocycles. The van der Waals surface area contributed by atoms with Crippen molar-refractivity contribution in [2.45, 2.75) is 25.9 Å². The van der Waals surface area contributed by atoms with Crippen molar-refractivity contribution in [1.82, 2.24) is 20.3 Å². The normalized spacial score (nSPS) is 11.9. The van der Waals surface area contributed by atoms with Gasteiger partial charge in [0.25, 0.3) is 0 Å². The number of aryl methyl sites for hydroxylation is 1.